The summed E-state index contributed by atoms with van der Waals surface area (Å²) in [6.07, 6.45) is 2.09. The molecule has 1 aliphatic rings. The van der Waals surface area contributed by atoms with Crippen LogP contribution in [0.4, 0.5) is 5.69 Å². The Morgan fingerprint density at radius 3 is 2.69 bits per heavy atom. The molecule has 2 nitrogen and oxygen atoms in total. The predicted molar refractivity (Wildman–Crippen MR) is 70.1 cm³/mol. The highest BCUT2D eigenvalue weighted by atomic mass is 79.9. The van der Waals surface area contributed by atoms with Gasteiger partial charge in [-0.3, -0.25) is 4.79 Å². The topological polar surface area (TPSA) is 20.3 Å². The standard InChI is InChI=1S/C13H16BrNO/c1-13(2)5-6-15(9-13)12-4-3-10(8-16)7-11(12)14/h3-4,7-8H,5-6,9H2,1-2H3. The van der Waals surface area contributed by atoms with Crippen LogP contribution in [0.15, 0.2) is 22.7 Å². The molecule has 0 bridgehead atoms. The van der Waals surface area contributed by atoms with Gasteiger partial charge in [-0.05, 0) is 46.0 Å². The lowest BCUT2D eigenvalue weighted by Gasteiger charge is -2.22. The number of anilines is 1. The van der Waals surface area contributed by atoms with E-state index in [4.69, 9.17) is 0 Å². The molecule has 1 aromatic rings. The number of hydrogen-bond donors (Lipinski definition) is 0. The molecule has 0 N–H and O–H groups in total. The molecule has 16 heavy (non-hydrogen) atoms. The first-order valence-corrected chi connectivity index (χ1v) is 6.31. The number of carbonyl (C=O) groups excluding carboxylic acids is 1. The number of rotatable bonds is 2. The largest absolute Gasteiger partial charge is 0.370 e. The summed E-state index contributed by atoms with van der Waals surface area (Å²) in [5, 5.41) is 0. The summed E-state index contributed by atoms with van der Waals surface area (Å²) in [4.78, 5) is 13.0. The summed E-state index contributed by atoms with van der Waals surface area (Å²) in [6.45, 7) is 6.75. The van der Waals surface area contributed by atoms with Crippen molar-refractivity contribution in [2.45, 2.75) is 20.3 Å². The van der Waals surface area contributed by atoms with Gasteiger partial charge in [-0.2, -0.15) is 0 Å². The van der Waals surface area contributed by atoms with E-state index in [-0.39, 0.29) is 0 Å². The van der Waals surface area contributed by atoms with Crippen molar-refractivity contribution in [1.29, 1.82) is 0 Å². The summed E-state index contributed by atoms with van der Waals surface area (Å²) in [5.41, 5.74) is 2.30. The van der Waals surface area contributed by atoms with Crippen LogP contribution in [0, 0.1) is 5.41 Å². The molecular weight excluding hydrogens is 266 g/mol. The van der Waals surface area contributed by atoms with E-state index >= 15 is 0 Å². The Labute approximate surface area is 105 Å². The zero-order valence-corrected chi connectivity index (χ0v) is 11.3. The van der Waals surface area contributed by atoms with Crippen molar-refractivity contribution in [1.82, 2.24) is 0 Å². The van der Waals surface area contributed by atoms with Gasteiger partial charge in [0.15, 0.2) is 0 Å². The molecule has 1 saturated heterocycles. The maximum Gasteiger partial charge on any atom is 0.150 e. The minimum absolute atomic E-state index is 0.392. The maximum atomic E-state index is 10.7. The van der Waals surface area contributed by atoms with Crippen LogP contribution in [-0.2, 0) is 0 Å². The van der Waals surface area contributed by atoms with Crippen molar-refractivity contribution in [2.24, 2.45) is 5.41 Å². The van der Waals surface area contributed by atoms with Crippen LogP contribution in [0.3, 0.4) is 0 Å². The van der Waals surface area contributed by atoms with Crippen molar-refractivity contribution < 1.29 is 4.79 Å². The van der Waals surface area contributed by atoms with Crippen LogP contribution in [0.25, 0.3) is 0 Å². The van der Waals surface area contributed by atoms with Gasteiger partial charge in [0.2, 0.25) is 0 Å². The van der Waals surface area contributed by atoms with E-state index in [1.54, 1.807) is 0 Å². The van der Waals surface area contributed by atoms with Crippen LogP contribution in [0.1, 0.15) is 30.6 Å². The summed E-state index contributed by atoms with van der Waals surface area (Å²) in [5.74, 6) is 0. The highest BCUT2D eigenvalue weighted by molar-refractivity contribution is 9.10. The van der Waals surface area contributed by atoms with Gasteiger partial charge in [0.05, 0.1) is 5.69 Å². The molecule has 0 radical (unpaired) electrons. The Hall–Kier alpha value is -0.830. The normalized spacial score (nSPS) is 18.8. The number of nitrogens with zero attached hydrogens (tertiary/aromatic N) is 1. The van der Waals surface area contributed by atoms with Gasteiger partial charge in [-0.1, -0.05) is 13.8 Å². The molecule has 0 unspecified atom stereocenters. The highest BCUT2D eigenvalue weighted by Crippen LogP contribution is 2.36. The van der Waals surface area contributed by atoms with E-state index in [1.165, 1.54) is 12.1 Å². The Bertz CT molecular complexity index is 414. The first kappa shape index (κ1) is 11.6. The number of hydrogen-bond acceptors (Lipinski definition) is 2. The third kappa shape index (κ3) is 2.29. The minimum Gasteiger partial charge on any atom is -0.370 e. The van der Waals surface area contributed by atoms with Gasteiger partial charge in [0, 0.05) is 23.1 Å². The smallest absolute Gasteiger partial charge is 0.150 e. The van der Waals surface area contributed by atoms with Crippen molar-refractivity contribution in [2.75, 3.05) is 18.0 Å². The molecule has 0 amide bonds. The van der Waals surface area contributed by atoms with E-state index in [9.17, 15) is 4.79 Å². The third-order valence-corrected chi connectivity index (χ3v) is 3.76. The first-order chi connectivity index (χ1) is 7.52. The second-order valence-electron chi connectivity index (χ2n) is 5.16. The molecule has 0 aromatic heterocycles. The molecule has 0 spiro atoms. The average molecular weight is 282 g/mol. The number of aldehydes is 1. The fraction of sp³-hybridized carbons (Fsp3) is 0.462. The second kappa shape index (κ2) is 4.21. The molecule has 0 atom stereocenters. The lowest BCUT2D eigenvalue weighted by atomic mass is 9.93. The number of halogens is 1. The van der Waals surface area contributed by atoms with E-state index in [2.05, 4.69) is 34.7 Å². The molecule has 3 heteroatoms. The second-order valence-corrected chi connectivity index (χ2v) is 6.02. The molecule has 1 fully saturated rings. The van der Waals surface area contributed by atoms with Gasteiger partial charge in [-0.25, -0.2) is 0 Å². The van der Waals surface area contributed by atoms with Crippen molar-refractivity contribution in [3.8, 4) is 0 Å². The quantitative estimate of drug-likeness (QED) is 0.774. The summed E-state index contributed by atoms with van der Waals surface area (Å²) in [6, 6.07) is 5.78. The Morgan fingerprint density at radius 2 is 2.19 bits per heavy atom. The summed E-state index contributed by atoms with van der Waals surface area (Å²) < 4.78 is 1.01. The van der Waals surface area contributed by atoms with Gasteiger partial charge in [0.1, 0.15) is 6.29 Å². The molecule has 1 aliphatic heterocycles. The molecule has 0 aliphatic carbocycles. The summed E-state index contributed by atoms with van der Waals surface area (Å²) in [7, 11) is 0. The fourth-order valence-corrected chi connectivity index (χ4v) is 2.82. The molecule has 1 heterocycles. The van der Waals surface area contributed by atoms with E-state index in [0.717, 1.165) is 23.8 Å². The van der Waals surface area contributed by atoms with Gasteiger partial charge in [-0.15, -0.1) is 0 Å². The van der Waals surface area contributed by atoms with E-state index in [1.807, 2.05) is 18.2 Å². The lowest BCUT2D eigenvalue weighted by molar-refractivity contribution is 0.112. The molecule has 0 saturated carbocycles. The summed E-state index contributed by atoms with van der Waals surface area (Å²) >= 11 is 3.53. The minimum atomic E-state index is 0.392. The first-order valence-electron chi connectivity index (χ1n) is 5.51. The number of benzene rings is 1. The van der Waals surface area contributed by atoms with Crippen molar-refractivity contribution in [3.63, 3.8) is 0 Å². The fourth-order valence-electron chi connectivity index (χ4n) is 2.17. The maximum absolute atomic E-state index is 10.7. The SMILES string of the molecule is CC1(C)CCN(c2ccc(C=O)cc2Br)C1. The zero-order valence-electron chi connectivity index (χ0n) is 9.66. The highest BCUT2D eigenvalue weighted by Gasteiger charge is 2.29. The lowest BCUT2D eigenvalue weighted by Crippen LogP contribution is -2.22. The monoisotopic (exact) mass is 281 g/mol. The third-order valence-electron chi connectivity index (χ3n) is 3.13. The van der Waals surface area contributed by atoms with Crippen molar-refractivity contribution >= 4 is 27.9 Å². The van der Waals surface area contributed by atoms with Crippen LogP contribution in [-0.4, -0.2) is 19.4 Å². The van der Waals surface area contributed by atoms with Crippen molar-refractivity contribution in [3.05, 3.63) is 28.2 Å². The van der Waals surface area contributed by atoms with Crippen LogP contribution in [0.2, 0.25) is 0 Å². The molecule has 2 rings (SSSR count). The predicted octanol–water partition coefficient (Wildman–Crippen LogP) is 3.50. The van der Waals surface area contributed by atoms with E-state index < -0.39 is 0 Å². The molecule has 1 aromatic carbocycles. The van der Waals surface area contributed by atoms with Gasteiger partial charge in [0.25, 0.3) is 0 Å². The van der Waals surface area contributed by atoms with E-state index in [0.29, 0.717) is 11.0 Å². The average Bonchev–Trinajstić information content (AvgIpc) is 2.58. The number of carbonyl (C=O) groups is 1. The Kier molecular flexibility index (Phi) is 3.06. The van der Waals surface area contributed by atoms with Gasteiger partial charge >= 0.3 is 0 Å². The van der Waals surface area contributed by atoms with Crippen LogP contribution < -0.4 is 4.90 Å². The zero-order chi connectivity index (χ0) is 11.8. The van der Waals surface area contributed by atoms with Crippen LogP contribution >= 0.6 is 15.9 Å². The van der Waals surface area contributed by atoms with Crippen LogP contribution in [0.5, 0.6) is 0 Å². The Morgan fingerprint density at radius 1 is 1.44 bits per heavy atom. The molecule has 86 valence electrons. The molecular formula is C13H16BrNO. The van der Waals surface area contributed by atoms with Gasteiger partial charge < -0.3 is 4.90 Å². The Balaban J connectivity index is 2.25.